The molecule has 0 bridgehead atoms. The summed E-state index contributed by atoms with van der Waals surface area (Å²) in [6, 6.07) is 17.7. The Morgan fingerprint density at radius 1 is 1.15 bits per heavy atom. The van der Waals surface area contributed by atoms with E-state index in [4.69, 9.17) is 27.9 Å². The SMILES string of the molecule is N#C/C(=C\c1cc(Cl)c(OCc2ccccc2Cl)c(Br)c1)C(=O)Nc1cccc([N+](=O)[O-])c1. The fraction of sp³-hybridized carbons (Fsp3) is 0.0435. The van der Waals surface area contributed by atoms with Crippen LogP contribution in [0.1, 0.15) is 11.1 Å². The van der Waals surface area contributed by atoms with Gasteiger partial charge in [0, 0.05) is 28.4 Å². The topological polar surface area (TPSA) is 105 Å². The van der Waals surface area contributed by atoms with Crippen molar-refractivity contribution >= 4 is 62.5 Å². The van der Waals surface area contributed by atoms with Crippen molar-refractivity contribution in [1.29, 1.82) is 5.26 Å². The molecule has 0 radical (unpaired) electrons. The average Bonchev–Trinajstić information content (AvgIpc) is 2.78. The zero-order valence-electron chi connectivity index (χ0n) is 16.7. The summed E-state index contributed by atoms with van der Waals surface area (Å²) in [6.45, 7) is 0.197. The van der Waals surface area contributed by atoms with Gasteiger partial charge in [0.05, 0.1) is 14.4 Å². The number of nitriles is 1. The van der Waals surface area contributed by atoms with Crippen molar-refractivity contribution in [2.24, 2.45) is 0 Å². The van der Waals surface area contributed by atoms with Crippen LogP contribution in [0.15, 0.2) is 70.7 Å². The molecule has 0 saturated heterocycles. The molecule has 0 aliphatic carbocycles. The number of hydrogen-bond donors (Lipinski definition) is 1. The number of rotatable bonds is 7. The summed E-state index contributed by atoms with van der Waals surface area (Å²) in [5.41, 5.74) is 1.06. The number of nitrogens with zero attached hydrogens (tertiary/aromatic N) is 2. The number of anilines is 1. The van der Waals surface area contributed by atoms with Gasteiger partial charge in [-0.2, -0.15) is 5.26 Å². The van der Waals surface area contributed by atoms with Crippen molar-refractivity contribution in [3.8, 4) is 11.8 Å². The fourth-order valence-corrected chi connectivity index (χ4v) is 3.96. The van der Waals surface area contributed by atoms with Crippen molar-refractivity contribution < 1.29 is 14.5 Å². The van der Waals surface area contributed by atoms with E-state index < -0.39 is 10.8 Å². The van der Waals surface area contributed by atoms with Crippen LogP contribution in [0.3, 0.4) is 0 Å². The van der Waals surface area contributed by atoms with Gasteiger partial charge in [0.1, 0.15) is 18.2 Å². The van der Waals surface area contributed by atoms with Gasteiger partial charge in [-0.3, -0.25) is 14.9 Å². The van der Waals surface area contributed by atoms with E-state index in [0.717, 1.165) is 5.56 Å². The van der Waals surface area contributed by atoms with Gasteiger partial charge in [-0.25, -0.2) is 0 Å². The lowest BCUT2D eigenvalue weighted by atomic mass is 10.1. The molecule has 1 amide bonds. The van der Waals surface area contributed by atoms with Crippen molar-refractivity contribution in [3.05, 3.63) is 102 Å². The molecule has 0 spiro atoms. The minimum atomic E-state index is -0.718. The molecule has 7 nitrogen and oxygen atoms in total. The number of hydrogen-bond acceptors (Lipinski definition) is 5. The first-order valence-corrected chi connectivity index (χ1v) is 10.9. The Morgan fingerprint density at radius 2 is 1.91 bits per heavy atom. The van der Waals surface area contributed by atoms with Gasteiger partial charge in [-0.1, -0.05) is 47.5 Å². The molecule has 1 N–H and O–H groups in total. The van der Waals surface area contributed by atoms with E-state index in [9.17, 15) is 20.2 Å². The number of nitro groups is 1. The van der Waals surface area contributed by atoms with Crippen LogP contribution in [0.2, 0.25) is 10.0 Å². The maximum Gasteiger partial charge on any atom is 0.271 e. The fourth-order valence-electron chi connectivity index (χ4n) is 2.78. The number of non-ortho nitro benzene ring substituents is 1. The summed E-state index contributed by atoms with van der Waals surface area (Å²) < 4.78 is 6.31. The van der Waals surface area contributed by atoms with E-state index in [1.165, 1.54) is 30.3 Å². The number of ether oxygens (including phenoxy) is 1. The molecule has 10 heteroatoms. The molecule has 3 aromatic carbocycles. The monoisotopic (exact) mass is 545 g/mol. The summed E-state index contributed by atoms with van der Waals surface area (Å²) in [5, 5.41) is 23.6. The Labute approximate surface area is 207 Å². The first-order chi connectivity index (χ1) is 15.8. The molecule has 0 heterocycles. The number of halogens is 3. The maximum atomic E-state index is 12.5. The summed E-state index contributed by atoms with van der Waals surface area (Å²) in [6.07, 6.45) is 1.35. The van der Waals surface area contributed by atoms with Crippen LogP contribution in [-0.2, 0) is 11.4 Å². The van der Waals surface area contributed by atoms with Crippen molar-refractivity contribution in [3.63, 3.8) is 0 Å². The van der Waals surface area contributed by atoms with E-state index in [0.29, 0.717) is 20.8 Å². The minimum Gasteiger partial charge on any atom is -0.486 e. The number of amides is 1. The first-order valence-electron chi connectivity index (χ1n) is 9.31. The van der Waals surface area contributed by atoms with Crippen LogP contribution in [0.4, 0.5) is 11.4 Å². The van der Waals surface area contributed by atoms with Crippen LogP contribution >= 0.6 is 39.1 Å². The highest BCUT2D eigenvalue weighted by molar-refractivity contribution is 9.10. The van der Waals surface area contributed by atoms with E-state index in [1.54, 1.807) is 18.2 Å². The molecule has 0 aromatic heterocycles. The van der Waals surface area contributed by atoms with Crippen LogP contribution in [0.5, 0.6) is 5.75 Å². The van der Waals surface area contributed by atoms with Gasteiger partial charge in [0.2, 0.25) is 0 Å². The highest BCUT2D eigenvalue weighted by Gasteiger charge is 2.14. The van der Waals surface area contributed by atoms with Crippen molar-refractivity contribution in [2.75, 3.05) is 5.32 Å². The quantitative estimate of drug-likeness (QED) is 0.152. The Hall–Kier alpha value is -3.38. The molecule has 0 unspecified atom stereocenters. The first kappa shape index (κ1) is 24.3. The summed E-state index contributed by atoms with van der Waals surface area (Å²) >= 11 is 15.9. The van der Waals surface area contributed by atoms with Crippen LogP contribution in [0.25, 0.3) is 6.08 Å². The molecule has 166 valence electrons. The normalized spacial score (nSPS) is 10.9. The molecular weight excluding hydrogens is 533 g/mol. The number of nitro benzene ring substituents is 1. The predicted octanol–water partition coefficient (Wildman–Crippen LogP) is 6.79. The third-order valence-electron chi connectivity index (χ3n) is 4.34. The van der Waals surface area contributed by atoms with E-state index in [-0.39, 0.29) is 28.6 Å². The molecule has 3 aromatic rings. The lowest BCUT2D eigenvalue weighted by Crippen LogP contribution is -2.13. The standard InChI is InChI=1S/C23H14BrCl2N3O4/c24-19-9-14(10-21(26)22(19)33-13-15-4-1-2-7-20(15)25)8-16(12-27)23(30)28-17-5-3-6-18(11-17)29(31)32/h1-11H,13H2,(H,28,30)/b16-8+. The lowest BCUT2D eigenvalue weighted by molar-refractivity contribution is -0.384. The van der Waals surface area contributed by atoms with Crippen LogP contribution in [-0.4, -0.2) is 10.8 Å². The number of carbonyl (C=O) groups is 1. The number of nitrogens with one attached hydrogen (secondary N) is 1. The van der Waals surface area contributed by atoms with Gasteiger partial charge in [-0.15, -0.1) is 0 Å². The van der Waals surface area contributed by atoms with Gasteiger partial charge >= 0.3 is 0 Å². The largest absolute Gasteiger partial charge is 0.486 e. The van der Waals surface area contributed by atoms with E-state index in [2.05, 4.69) is 21.2 Å². The second kappa shape index (κ2) is 11.0. The molecule has 33 heavy (non-hydrogen) atoms. The van der Waals surface area contributed by atoms with E-state index >= 15 is 0 Å². The van der Waals surface area contributed by atoms with Gasteiger partial charge in [0.15, 0.2) is 5.75 Å². The maximum absolute atomic E-state index is 12.5. The molecular formula is C23H14BrCl2N3O4. The smallest absolute Gasteiger partial charge is 0.271 e. The molecule has 0 aliphatic rings. The highest BCUT2D eigenvalue weighted by atomic mass is 79.9. The summed E-state index contributed by atoms with van der Waals surface area (Å²) in [7, 11) is 0. The van der Waals surface area contributed by atoms with Crippen molar-refractivity contribution in [1.82, 2.24) is 0 Å². The van der Waals surface area contributed by atoms with Crippen LogP contribution in [0, 0.1) is 21.4 Å². The zero-order chi connectivity index (χ0) is 24.0. The van der Waals surface area contributed by atoms with Gasteiger partial charge in [-0.05, 0) is 51.8 Å². The van der Waals surface area contributed by atoms with Gasteiger partial charge < -0.3 is 10.1 Å². The predicted molar refractivity (Wildman–Crippen MR) is 130 cm³/mol. The molecule has 0 fully saturated rings. The Kier molecular flexibility index (Phi) is 8.06. The average molecular weight is 547 g/mol. The second-order valence-electron chi connectivity index (χ2n) is 6.63. The zero-order valence-corrected chi connectivity index (χ0v) is 19.8. The molecule has 0 atom stereocenters. The van der Waals surface area contributed by atoms with Crippen molar-refractivity contribution in [2.45, 2.75) is 6.61 Å². The second-order valence-corrected chi connectivity index (χ2v) is 8.29. The van der Waals surface area contributed by atoms with E-state index in [1.807, 2.05) is 24.3 Å². The molecule has 0 saturated carbocycles. The lowest BCUT2D eigenvalue weighted by Gasteiger charge is -2.12. The Morgan fingerprint density at radius 3 is 2.58 bits per heavy atom. The minimum absolute atomic E-state index is 0.182. The highest BCUT2D eigenvalue weighted by Crippen LogP contribution is 2.36. The number of benzene rings is 3. The molecule has 3 rings (SSSR count). The van der Waals surface area contributed by atoms with Gasteiger partial charge in [0.25, 0.3) is 11.6 Å². The Bertz CT molecular complexity index is 1280. The third kappa shape index (κ3) is 6.33. The molecule has 0 aliphatic heterocycles. The Balaban J connectivity index is 1.79. The number of carbonyl (C=O) groups excluding carboxylic acids is 1. The third-order valence-corrected chi connectivity index (χ3v) is 5.58. The summed E-state index contributed by atoms with van der Waals surface area (Å²) in [5.74, 6) is -0.336. The summed E-state index contributed by atoms with van der Waals surface area (Å²) in [4.78, 5) is 22.8. The van der Waals surface area contributed by atoms with Crippen LogP contribution < -0.4 is 10.1 Å².